The summed E-state index contributed by atoms with van der Waals surface area (Å²) in [5, 5.41) is 39.2. The van der Waals surface area contributed by atoms with Crippen molar-refractivity contribution in [1.82, 2.24) is 0 Å². The van der Waals surface area contributed by atoms with Gasteiger partial charge in [-0.1, -0.05) is 0 Å². The summed E-state index contributed by atoms with van der Waals surface area (Å²) >= 11 is 0. The molecule has 10 nitrogen and oxygen atoms in total. The van der Waals surface area contributed by atoms with E-state index in [1.165, 1.54) is 6.26 Å². The van der Waals surface area contributed by atoms with Gasteiger partial charge in [-0.15, -0.1) is 0 Å². The first-order chi connectivity index (χ1) is 12.5. The van der Waals surface area contributed by atoms with Crippen LogP contribution in [0.15, 0.2) is 11.8 Å². The van der Waals surface area contributed by atoms with Crippen LogP contribution in [0, 0.1) is 11.8 Å². The summed E-state index contributed by atoms with van der Waals surface area (Å²) in [4.78, 5) is 11.9. The summed E-state index contributed by atoms with van der Waals surface area (Å²) in [6.07, 6.45) is -6.09. The third-order valence-electron chi connectivity index (χ3n) is 5.31. The van der Waals surface area contributed by atoms with Crippen LogP contribution in [-0.2, 0) is 28.5 Å². The van der Waals surface area contributed by atoms with Crippen LogP contribution < -0.4 is 0 Å². The maximum absolute atomic E-state index is 11.9. The van der Waals surface area contributed by atoms with Crippen molar-refractivity contribution in [3.05, 3.63) is 11.8 Å². The van der Waals surface area contributed by atoms with E-state index < -0.39 is 49.6 Å². The minimum atomic E-state index is -1.54. The number of hydrogen-bond donors (Lipinski definition) is 4. The molecule has 0 amide bonds. The van der Waals surface area contributed by atoms with Crippen molar-refractivity contribution < 1.29 is 48.9 Å². The van der Waals surface area contributed by atoms with E-state index >= 15 is 0 Å². The predicted molar refractivity (Wildman–Crippen MR) is 80.1 cm³/mol. The van der Waals surface area contributed by atoms with Crippen molar-refractivity contribution >= 4 is 5.97 Å². The minimum absolute atomic E-state index is 0.163. The lowest BCUT2D eigenvalue weighted by molar-refractivity contribution is -0.342. The van der Waals surface area contributed by atoms with E-state index in [1.807, 2.05) is 0 Å². The predicted octanol–water partition coefficient (Wildman–Crippen LogP) is -2.38. The van der Waals surface area contributed by atoms with Gasteiger partial charge in [-0.3, -0.25) is 0 Å². The monoisotopic (exact) mass is 374 g/mol. The van der Waals surface area contributed by atoms with Gasteiger partial charge in [-0.05, 0) is 6.42 Å². The molecule has 0 aromatic rings. The maximum atomic E-state index is 11.9. The molecule has 0 saturated carbocycles. The molecule has 146 valence electrons. The number of esters is 1. The number of cyclic esters (lactones) is 1. The van der Waals surface area contributed by atoms with Crippen LogP contribution in [0.1, 0.15) is 6.42 Å². The van der Waals surface area contributed by atoms with E-state index in [2.05, 4.69) is 0 Å². The molecule has 0 bridgehead atoms. The molecule has 4 N–H and O–H groups in total. The zero-order valence-electron chi connectivity index (χ0n) is 13.8. The Balaban J connectivity index is 1.52. The Kier molecular flexibility index (Phi) is 4.90. The van der Waals surface area contributed by atoms with Crippen molar-refractivity contribution in [1.29, 1.82) is 0 Å². The lowest BCUT2D eigenvalue weighted by Crippen LogP contribution is -2.60. The number of rotatable bonds is 4. The SMILES string of the molecule is O=C1OCC[C@@H]2C1=CO[C@@H](O[C@@H]1O[C@H](CO)[C@@H](O)[C@H](O)[C@@H]1O)[C@@H]2[C@H]1CO1. The Labute approximate surface area is 148 Å². The average Bonchev–Trinajstić information content (AvgIpc) is 3.47. The second-order valence-electron chi connectivity index (χ2n) is 6.89. The van der Waals surface area contributed by atoms with Gasteiger partial charge in [0.1, 0.15) is 24.4 Å². The summed E-state index contributed by atoms with van der Waals surface area (Å²) in [5.41, 5.74) is 0.422. The Hall–Kier alpha value is -1.27. The fourth-order valence-electron chi connectivity index (χ4n) is 3.77. The van der Waals surface area contributed by atoms with E-state index in [0.717, 1.165) is 0 Å². The lowest BCUT2D eigenvalue weighted by atomic mass is 9.79. The van der Waals surface area contributed by atoms with Crippen molar-refractivity contribution in [2.75, 3.05) is 19.8 Å². The molecule has 4 aliphatic rings. The number of epoxide rings is 1. The van der Waals surface area contributed by atoms with Crippen LogP contribution in [0.2, 0.25) is 0 Å². The zero-order valence-corrected chi connectivity index (χ0v) is 13.8. The highest BCUT2D eigenvalue weighted by atomic mass is 16.8. The molecule has 3 saturated heterocycles. The molecule has 0 unspecified atom stereocenters. The summed E-state index contributed by atoms with van der Waals surface area (Å²) in [6.45, 7) is 0.238. The largest absolute Gasteiger partial charge is 0.471 e. The zero-order chi connectivity index (χ0) is 18.4. The number of carbonyl (C=O) groups excluding carboxylic acids is 1. The van der Waals surface area contributed by atoms with E-state index in [9.17, 15) is 25.2 Å². The fraction of sp³-hybridized carbons (Fsp3) is 0.812. The highest BCUT2D eigenvalue weighted by molar-refractivity contribution is 5.89. The topological polar surface area (TPSA) is 147 Å². The summed E-state index contributed by atoms with van der Waals surface area (Å²) in [6, 6.07) is 0. The number of ether oxygens (including phenoxy) is 5. The minimum Gasteiger partial charge on any atom is -0.471 e. The quantitative estimate of drug-likeness (QED) is 0.311. The molecule has 0 aliphatic carbocycles. The van der Waals surface area contributed by atoms with Gasteiger partial charge in [0, 0.05) is 5.92 Å². The van der Waals surface area contributed by atoms with Crippen LogP contribution in [-0.4, -0.2) is 89.3 Å². The van der Waals surface area contributed by atoms with E-state index in [-0.39, 0.29) is 24.5 Å². The molecule has 4 rings (SSSR count). The molecule has 0 aromatic carbocycles. The van der Waals surface area contributed by atoms with E-state index in [4.69, 9.17) is 23.7 Å². The van der Waals surface area contributed by atoms with Gasteiger partial charge in [0.05, 0.1) is 43.7 Å². The van der Waals surface area contributed by atoms with Crippen LogP contribution in [0.25, 0.3) is 0 Å². The maximum Gasteiger partial charge on any atom is 0.337 e. The first-order valence-electron chi connectivity index (χ1n) is 8.61. The Bertz CT molecular complexity index is 573. The van der Waals surface area contributed by atoms with E-state index in [0.29, 0.717) is 18.6 Å². The van der Waals surface area contributed by atoms with Gasteiger partial charge in [0.15, 0.2) is 6.29 Å². The molecule has 0 radical (unpaired) electrons. The third kappa shape index (κ3) is 3.11. The summed E-state index contributed by atoms with van der Waals surface area (Å²) in [7, 11) is 0. The third-order valence-corrected chi connectivity index (χ3v) is 5.31. The molecule has 0 spiro atoms. The number of aliphatic hydroxyl groups is 4. The number of fused-ring (bicyclic) bond motifs is 1. The second-order valence-corrected chi connectivity index (χ2v) is 6.89. The number of hydrogen-bond acceptors (Lipinski definition) is 10. The molecule has 10 heteroatoms. The van der Waals surface area contributed by atoms with Crippen molar-refractivity contribution in [2.24, 2.45) is 11.8 Å². The second kappa shape index (κ2) is 7.04. The lowest BCUT2D eigenvalue weighted by Gasteiger charge is -2.43. The fourth-order valence-corrected chi connectivity index (χ4v) is 3.77. The van der Waals surface area contributed by atoms with Gasteiger partial charge in [-0.2, -0.15) is 0 Å². The summed E-state index contributed by atoms with van der Waals surface area (Å²) in [5.74, 6) is -0.916. The highest BCUT2D eigenvalue weighted by Gasteiger charge is 2.53. The molecule has 9 atom stereocenters. The van der Waals surface area contributed by atoms with Gasteiger partial charge < -0.3 is 44.1 Å². The van der Waals surface area contributed by atoms with E-state index in [1.54, 1.807) is 0 Å². The van der Waals surface area contributed by atoms with Crippen molar-refractivity contribution in [2.45, 2.75) is 49.5 Å². The standard InChI is InChI=1S/C16H22O10/c17-3-8-11(18)12(19)13(20)16(25-8)26-15-10(9-5-23-9)6-1-2-22-14(21)7(6)4-24-15/h4,6,8-13,15-20H,1-3,5H2/t6-,8-,9-,10+,11-,12+,13+,15+,16+/m1/s1. The van der Waals surface area contributed by atoms with Crippen LogP contribution in [0.4, 0.5) is 0 Å². The molecule has 4 heterocycles. The number of aliphatic hydroxyl groups excluding tert-OH is 4. The highest BCUT2D eigenvalue weighted by Crippen LogP contribution is 2.43. The Morgan fingerprint density at radius 2 is 1.92 bits per heavy atom. The Morgan fingerprint density at radius 1 is 1.15 bits per heavy atom. The van der Waals surface area contributed by atoms with Crippen LogP contribution >= 0.6 is 0 Å². The average molecular weight is 374 g/mol. The van der Waals surface area contributed by atoms with Gasteiger partial charge in [-0.25, -0.2) is 4.79 Å². The van der Waals surface area contributed by atoms with Crippen LogP contribution in [0.3, 0.4) is 0 Å². The normalized spacial score (nSPS) is 48.1. The molecule has 0 aromatic heterocycles. The Morgan fingerprint density at radius 3 is 2.62 bits per heavy atom. The summed E-state index contributed by atoms with van der Waals surface area (Å²) < 4.78 is 27.1. The van der Waals surface area contributed by atoms with Gasteiger partial charge in [0.25, 0.3) is 0 Å². The molecule has 26 heavy (non-hydrogen) atoms. The molecule has 3 fully saturated rings. The molecular weight excluding hydrogens is 352 g/mol. The van der Waals surface area contributed by atoms with Crippen molar-refractivity contribution in [3.8, 4) is 0 Å². The number of carbonyl (C=O) groups is 1. The smallest absolute Gasteiger partial charge is 0.337 e. The van der Waals surface area contributed by atoms with Gasteiger partial charge in [0.2, 0.25) is 6.29 Å². The first kappa shape index (κ1) is 18.1. The van der Waals surface area contributed by atoms with Gasteiger partial charge >= 0.3 is 5.97 Å². The van der Waals surface area contributed by atoms with Crippen molar-refractivity contribution in [3.63, 3.8) is 0 Å². The molecular formula is C16H22O10. The van der Waals surface area contributed by atoms with Crippen LogP contribution in [0.5, 0.6) is 0 Å². The molecule has 4 aliphatic heterocycles. The first-order valence-corrected chi connectivity index (χ1v) is 8.61.